The van der Waals surface area contributed by atoms with E-state index in [1.165, 1.54) is 11.7 Å². The zero-order chi connectivity index (χ0) is 24.5. The van der Waals surface area contributed by atoms with Crippen molar-refractivity contribution in [2.75, 3.05) is 17.2 Å². The average Bonchev–Trinajstić information content (AvgIpc) is 3.54. The number of carbonyl (C=O) groups excluding carboxylic acids is 2. The van der Waals surface area contributed by atoms with Crippen molar-refractivity contribution < 1.29 is 24.2 Å². The fourth-order valence-electron chi connectivity index (χ4n) is 4.05. The number of nitrogens with zero attached hydrogens (tertiary/aromatic N) is 4. The minimum absolute atomic E-state index is 0.0232. The van der Waals surface area contributed by atoms with Crippen LogP contribution in [0.4, 0.5) is 16.6 Å². The second-order valence-corrected chi connectivity index (χ2v) is 7.75. The molecule has 0 unspecified atom stereocenters. The maximum atomic E-state index is 12.4. The number of aromatic nitrogens is 5. The summed E-state index contributed by atoms with van der Waals surface area (Å²) in [6.07, 6.45) is 0.334. The first-order valence-corrected chi connectivity index (χ1v) is 10.5. The first-order chi connectivity index (χ1) is 16.9. The van der Waals surface area contributed by atoms with Crippen LogP contribution >= 0.6 is 0 Å². The van der Waals surface area contributed by atoms with E-state index in [2.05, 4.69) is 30.9 Å². The Hall–Kier alpha value is -5.00. The van der Waals surface area contributed by atoms with Gasteiger partial charge in [-0.25, -0.2) is 9.59 Å². The monoisotopic (exact) mass is 473 g/mol. The van der Waals surface area contributed by atoms with Gasteiger partial charge in [-0.2, -0.15) is 10.1 Å². The average molecular weight is 473 g/mol. The van der Waals surface area contributed by atoms with Crippen molar-refractivity contribution in [1.29, 1.82) is 0 Å². The summed E-state index contributed by atoms with van der Waals surface area (Å²) in [5, 5.41) is 24.0. The van der Waals surface area contributed by atoms with E-state index in [0.717, 1.165) is 28.5 Å². The molecule has 0 fully saturated rings. The Bertz CT molecular complexity index is 1410. The molecule has 0 spiro atoms. The van der Waals surface area contributed by atoms with Crippen LogP contribution in [0.1, 0.15) is 38.0 Å². The number of nitrogens with one attached hydrogen (secondary N) is 3. The van der Waals surface area contributed by atoms with Crippen molar-refractivity contribution in [2.24, 2.45) is 7.05 Å². The number of carboxylic acids is 1. The molecule has 176 valence electrons. The van der Waals surface area contributed by atoms with Crippen LogP contribution in [0.15, 0.2) is 54.7 Å². The van der Waals surface area contributed by atoms with E-state index in [1.54, 1.807) is 0 Å². The number of aryl methyl sites for hydroxylation is 1. The molecule has 12 heteroatoms. The third kappa shape index (κ3) is 4.08. The maximum Gasteiger partial charge on any atom is 0.414 e. The first kappa shape index (κ1) is 21.8. The highest BCUT2D eigenvalue weighted by Crippen LogP contribution is 2.44. The molecule has 12 nitrogen and oxygen atoms in total. The van der Waals surface area contributed by atoms with Crippen LogP contribution in [0.25, 0.3) is 11.1 Å². The van der Waals surface area contributed by atoms with Gasteiger partial charge in [0.2, 0.25) is 5.82 Å². The molecule has 5 rings (SSSR count). The van der Waals surface area contributed by atoms with Crippen molar-refractivity contribution >= 4 is 29.7 Å². The van der Waals surface area contributed by atoms with Gasteiger partial charge in [-0.15, -0.1) is 5.10 Å². The Balaban J connectivity index is 1.22. The van der Waals surface area contributed by atoms with Crippen LogP contribution in [0.2, 0.25) is 0 Å². The van der Waals surface area contributed by atoms with Crippen molar-refractivity contribution in [2.45, 2.75) is 5.92 Å². The molecule has 1 aliphatic carbocycles. The van der Waals surface area contributed by atoms with Gasteiger partial charge in [0.1, 0.15) is 18.0 Å². The van der Waals surface area contributed by atoms with E-state index in [9.17, 15) is 19.5 Å². The number of carbonyl (C=O) groups is 3. The SMILES string of the molecule is Cn1ncc(C(=O)O)c1NC(=O)c1nc(NC(=O)OCC2c3ccccc3-c3ccccc32)n[nH]1. The van der Waals surface area contributed by atoms with Gasteiger partial charge in [-0.1, -0.05) is 48.5 Å². The predicted molar refractivity (Wildman–Crippen MR) is 123 cm³/mol. The second-order valence-electron chi connectivity index (χ2n) is 7.75. The molecule has 4 aromatic rings. The highest BCUT2D eigenvalue weighted by molar-refractivity contribution is 6.05. The van der Waals surface area contributed by atoms with Crippen LogP contribution in [0, 0.1) is 0 Å². The number of hydrogen-bond acceptors (Lipinski definition) is 7. The zero-order valence-electron chi connectivity index (χ0n) is 18.3. The topological polar surface area (TPSA) is 164 Å². The number of amides is 2. The smallest absolute Gasteiger partial charge is 0.414 e. The fourth-order valence-corrected chi connectivity index (χ4v) is 4.05. The Morgan fingerprint density at radius 2 is 1.71 bits per heavy atom. The highest BCUT2D eigenvalue weighted by atomic mass is 16.5. The van der Waals surface area contributed by atoms with Crippen molar-refractivity contribution in [3.63, 3.8) is 0 Å². The summed E-state index contributed by atoms with van der Waals surface area (Å²) in [6.45, 7) is 0.107. The molecular weight excluding hydrogens is 454 g/mol. The summed E-state index contributed by atoms with van der Waals surface area (Å²) in [7, 11) is 1.48. The van der Waals surface area contributed by atoms with Crippen LogP contribution in [0.5, 0.6) is 0 Å². The van der Waals surface area contributed by atoms with Crippen LogP contribution in [-0.2, 0) is 11.8 Å². The van der Waals surface area contributed by atoms with E-state index >= 15 is 0 Å². The lowest BCUT2D eigenvalue weighted by molar-refractivity contribution is 0.0698. The summed E-state index contributed by atoms with van der Waals surface area (Å²) < 4.78 is 6.64. The van der Waals surface area contributed by atoms with E-state index < -0.39 is 18.0 Å². The summed E-state index contributed by atoms with van der Waals surface area (Å²) in [4.78, 5) is 40.0. The van der Waals surface area contributed by atoms with Crippen molar-refractivity contribution in [1.82, 2.24) is 25.0 Å². The molecule has 0 saturated heterocycles. The Labute approximate surface area is 198 Å². The Kier molecular flexibility index (Phi) is 5.45. The van der Waals surface area contributed by atoms with Gasteiger partial charge in [-0.05, 0) is 22.3 Å². The maximum absolute atomic E-state index is 12.4. The summed E-state index contributed by atoms with van der Waals surface area (Å²) >= 11 is 0. The van der Waals surface area contributed by atoms with Gasteiger partial charge in [0.15, 0.2) is 0 Å². The van der Waals surface area contributed by atoms with Gasteiger partial charge in [-0.3, -0.25) is 19.9 Å². The molecule has 1 aliphatic rings. The van der Waals surface area contributed by atoms with Crippen LogP contribution in [-0.4, -0.2) is 54.6 Å². The Morgan fingerprint density at radius 3 is 2.37 bits per heavy atom. The quantitative estimate of drug-likeness (QED) is 0.332. The number of aromatic amines is 1. The molecule has 2 heterocycles. The zero-order valence-corrected chi connectivity index (χ0v) is 18.3. The van der Waals surface area contributed by atoms with Gasteiger partial charge in [0.05, 0.1) is 6.20 Å². The molecule has 2 amide bonds. The molecule has 0 saturated carbocycles. The number of benzene rings is 2. The third-order valence-corrected chi connectivity index (χ3v) is 5.66. The minimum Gasteiger partial charge on any atom is -0.477 e. The Morgan fingerprint density at radius 1 is 1.06 bits per heavy atom. The van der Waals surface area contributed by atoms with Gasteiger partial charge in [0.25, 0.3) is 11.9 Å². The molecular formula is C23H19N7O5. The second kappa shape index (κ2) is 8.74. The molecule has 0 atom stereocenters. The van der Waals surface area contributed by atoms with E-state index in [0.29, 0.717) is 0 Å². The third-order valence-electron chi connectivity index (χ3n) is 5.66. The minimum atomic E-state index is -1.25. The summed E-state index contributed by atoms with van der Waals surface area (Å²) in [5.74, 6) is -2.55. The van der Waals surface area contributed by atoms with E-state index in [4.69, 9.17) is 4.74 Å². The van der Waals surface area contributed by atoms with Crippen molar-refractivity contribution in [3.8, 4) is 11.1 Å². The van der Waals surface area contributed by atoms with Gasteiger partial charge >= 0.3 is 12.1 Å². The van der Waals surface area contributed by atoms with E-state index in [1.807, 2.05) is 48.5 Å². The van der Waals surface area contributed by atoms with Gasteiger partial charge < -0.3 is 15.2 Å². The first-order valence-electron chi connectivity index (χ1n) is 10.5. The normalized spacial score (nSPS) is 12.0. The molecule has 0 radical (unpaired) electrons. The molecule has 35 heavy (non-hydrogen) atoms. The number of rotatable bonds is 6. The fraction of sp³-hybridized carbons (Fsp3) is 0.130. The lowest BCUT2D eigenvalue weighted by Crippen LogP contribution is -2.19. The largest absolute Gasteiger partial charge is 0.477 e. The standard InChI is InChI=1S/C23H19N7O5/c1-30-19(16(10-24-30)21(32)33)26-20(31)18-25-22(29-28-18)27-23(34)35-11-17-14-8-4-2-6-12(14)13-7-3-5-9-15(13)17/h2-10,17H,11H2,1H3,(H,26,31)(H,32,33)(H2,25,27,28,29,34). The lowest BCUT2D eigenvalue weighted by Gasteiger charge is -2.13. The van der Waals surface area contributed by atoms with Gasteiger partial charge in [0, 0.05) is 13.0 Å². The molecule has 0 bridgehead atoms. The number of carboxylic acid groups (broad SMARTS) is 1. The predicted octanol–water partition coefficient (Wildman–Crippen LogP) is 2.85. The van der Waals surface area contributed by atoms with Crippen LogP contribution in [0.3, 0.4) is 0 Å². The highest BCUT2D eigenvalue weighted by Gasteiger charge is 2.29. The number of anilines is 2. The summed E-state index contributed by atoms with van der Waals surface area (Å²) in [6, 6.07) is 15.9. The number of ether oxygens (including phenoxy) is 1. The molecule has 2 aromatic carbocycles. The van der Waals surface area contributed by atoms with Crippen molar-refractivity contribution in [3.05, 3.63) is 77.2 Å². The summed E-state index contributed by atoms with van der Waals surface area (Å²) in [5.41, 5.74) is 4.20. The van der Waals surface area contributed by atoms with E-state index in [-0.39, 0.29) is 35.7 Å². The number of H-pyrrole nitrogens is 1. The molecule has 2 aromatic heterocycles. The number of aromatic carboxylic acids is 1. The lowest BCUT2D eigenvalue weighted by atomic mass is 9.98. The number of fused-ring (bicyclic) bond motifs is 3. The molecule has 4 N–H and O–H groups in total. The number of hydrogen-bond donors (Lipinski definition) is 4. The van der Waals surface area contributed by atoms with Crippen LogP contribution < -0.4 is 10.6 Å². The molecule has 0 aliphatic heterocycles.